The molecular formula is C39H38Cl2N2SiTi-2. The molecule has 5 aromatic rings. The van der Waals surface area contributed by atoms with E-state index in [1.807, 2.05) is 0 Å². The Kier molecular flexibility index (Phi) is 9.39. The summed E-state index contributed by atoms with van der Waals surface area (Å²) < 4.78 is 2.74. The Morgan fingerprint density at radius 1 is 0.778 bits per heavy atom. The van der Waals surface area contributed by atoms with Gasteiger partial charge in [0.1, 0.15) is 0 Å². The average molecular weight is 682 g/mol. The normalized spacial score (nSPS) is 21.4. The van der Waals surface area contributed by atoms with Gasteiger partial charge < -0.3 is 17.3 Å². The molecule has 1 unspecified atom stereocenters. The fourth-order valence-electron chi connectivity index (χ4n) is 8.62. The minimum absolute atomic E-state index is 0. The van der Waals surface area contributed by atoms with Crippen LogP contribution in [0.3, 0.4) is 0 Å². The third kappa shape index (κ3) is 5.51. The summed E-state index contributed by atoms with van der Waals surface area (Å²) in [5, 5.41) is 10.5. The molecule has 8 rings (SSSR count). The number of hydrogen-bond donors (Lipinski definition) is 0. The summed E-state index contributed by atoms with van der Waals surface area (Å²) in [6, 6.07) is 37.8. The van der Waals surface area contributed by atoms with Gasteiger partial charge in [0.25, 0.3) is 0 Å². The summed E-state index contributed by atoms with van der Waals surface area (Å²) in [6.45, 7) is 7.74. The Morgan fingerprint density at radius 2 is 1.29 bits per heavy atom. The molecule has 0 spiro atoms. The molecule has 1 saturated carbocycles. The quantitative estimate of drug-likeness (QED) is 0.105. The summed E-state index contributed by atoms with van der Waals surface area (Å²) in [5.41, 5.74) is 8.31. The predicted molar refractivity (Wildman–Crippen MR) is 196 cm³/mol. The van der Waals surface area contributed by atoms with Crippen molar-refractivity contribution in [3.63, 3.8) is 0 Å². The van der Waals surface area contributed by atoms with Gasteiger partial charge in [-0.15, -0.1) is 11.4 Å². The Hall–Kier alpha value is -2.79. The summed E-state index contributed by atoms with van der Waals surface area (Å²) >= 11 is -0.556. The summed E-state index contributed by atoms with van der Waals surface area (Å²) in [7, 11) is 7.69. The van der Waals surface area contributed by atoms with Gasteiger partial charge in [0.05, 0.1) is 0 Å². The van der Waals surface area contributed by atoms with Crippen molar-refractivity contribution in [1.29, 1.82) is 0 Å². The molecular weight excluding hydrogens is 643 g/mol. The van der Waals surface area contributed by atoms with E-state index < -0.39 is 25.3 Å². The van der Waals surface area contributed by atoms with Crippen molar-refractivity contribution in [2.75, 3.05) is 4.57 Å². The van der Waals surface area contributed by atoms with Gasteiger partial charge in [0.15, 0.2) is 8.24 Å². The molecule has 1 heterocycles. The second-order valence-corrected chi connectivity index (χ2v) is 19.8. The molecule has 0 N–H and O–H groups in total. The predicted octanol–water partition coefficient (Wildman–Crippen LogP) is 13.1. The third-order valence-corrected chi connectivity index (χ3v) is 14.3. The number of allylic oxidation sites excluding steroid dienone is 4. The van der Waals surface area contributed by atoms with Crippen molar-refractivity contribution < 1.29 is 17.0 Å². The molecule has 5 aromatic carbocycles. The number of halogens is 2. The van der Waals surface area contributed by atoms with E-state index in [9.17, 15) is 0 Å². The number of para-hydroxylation sites is 4. The average Bonchev–Trinajstić information content (AvgIpc) is 3.39. The molecule has 1 aliphatic heterocycles. The van der Waals surface area contributed by atoms with E-state index in [0.29, 0.717) is 23.3 Å². The van der Waals surface area contributed by atoms with E-state index in [-0.39, 0.29) is 7.43 Å². The van der Waals surface area contributed by atoms with Gasteiger partial charge >= 0.3 is 35.6 Å². The van der Waals surface area contributed by atoms with Crippen molar-refractivity contribution >= 4 is 76.7 Å². The van der Waals surface area contributed by atoms with Gasteiger partial charge in [0, 0.05) is 11.4 Å². The van der Waals surface area contributed by atoms with Crippen LogP contribution in [0, 0.1) is 25.2 Å². The fourth-order valence-corrected chi connectivity index (χ4v) is 13.4. The molecule has 0 amide bonds. The molecule has 2 nitrogen and oxygen atoms in total. The standard InChI is InChI=1S/C38H35N2Si.CH3.2ClH.Ti/c1-25-23-32-30(37-28-15-6-4-13-26(28)24-27-14-5-7-16-29(27)37)17-12-18-31(32)38(25)41(2,3)40-35-21-10-8-19-33(35)39-34-20-9-11-22-36(34)40;;;;/h4-22,24-25,31-32,38H,23H2,1-3H3;1H3;2*1H;/q2*-1;;;+2/p-2/t25-,31+,32-,38?;;;;/m1..../s1. The molecule has 0 aromatic heterocycles. The Labute approximate surface area is 285 Å². The third-order valence-electron chi connectivity index (χ3n) is 10.1. The van der Waals surface area contributed by atoms with Crippen LogP contribution in [0.1, 0.15) is 18.9 Å². The van der Waals surface area contributed by atoms with Crippen molar-refractivity contribution in [1.82, 2.24) is 0 Å². The molecule has 0 radical (unpaired) electrons. The van der Waals surface area contributed by atoms with Gasteiger partial charge in [0.2, 0.25) is 0 Å². The maximum atomic E-state index is 5.07. The number of nitrogens with zero attached hydrogens (tertiary/aromatic N) is 2. The first kappa shape index (κ1) is 32.2. The van der Waals surface area contributed by atoms with Crippen LogP contribution in [0.5, 0.6) is 0 Å². The van der Waals surface area contributed by atoms with Crippen molar-refractivity contribution in [3.8, 4) is 0 Å². The van der Waals surface area contributed by atoms with Crippen molar-refractivity contribution in [2.24, 2.45) is 17.8 Å². The van der Waals surface area contributed by atoms with Crippen molar-refractivity contribution in [2.45, 2.75) is 32.0 Å². The number of fused-ring (bicyclic) bond motifs is 5. The molecule has 228 valence electrons. The molecule has 1 fully saturated rings. The Bertz CT molecular complexity index is 1820. The van der Waals surface area contributed by atoms with Crippen LogP contribution in [-0.4, -0.2) is 8.24 Å². The van der Waals surface area contributed by atoms with E-state index >= 15 is 0 Å². The van der Waals surface area contributed by atoms with E-state index in [1.54, 1.807) is 0 Å². The van der Waals surface area contributed by atoms with Crippen molar-refractivity contribution in [3.05, 3.63) is 140 Å². The zero-order valence-corrected chi connectivity index (χ0v) is 30.3. The first-order valence-corrected chi connectivity index (χ1v) is 22.7. The van der Waals surface area contributed by atoms with Gasteiger partial charge in [-0.05, 0) is 80.6 Å². The van der Waals surface area contributed by atoms with Crippen LogP contribution in [0.2, 0.25) is 18.6 Å². The summed E-state index contributed by atoms with van der Waals surface area (Å²) in [6.07, 6.45) is 8.58. The van der Waals surface area contributed by atoms with E-state index in [4.69, 9.17) is 23.9 Å². The number of rotatable bonds is 3. The van der Waals surface area contributed by atoms with Gasteiger partial charge in [-0.25, -0.2) is 0 Å². The van der Waals surface area contributed by atoms with E-state index in [1.165, 1.54) is 50.5 Å². The van der Waals surface area contributed by atoms with Crippen LogP contribution >= 0.6 is 18.6 Å². The first-order chi connectivity index (χ1) is 21.4. The maximum absolute atomic E-state index is 5.07. The first-order valence-electron chi connectivity index (χ1n) is 15.4. The molecule has 0 bridgehead atoms. The van der Waals surface area contributed by atoms with Crippen LogP contribution in [-0.2, 0) is 17.0 Å². The SMILES string of the molecule is C[C@@H]1C[C@@H]2C(c3c4ccccc4cc4ccccc34)=CC=C[C@@H]2C1[Si](C)(C)N1c2ccccc2[N-]c2ccccc21.[CH3-].[Cl][Ti][Cl]. The minimum atomic E-state index is -2.09. The second-order valence-electron chi connectivity index (χ2n) is 12.8. The topological polar surface area (TPSA) is 17.3 Å². The summed E-state index contributed by atoms with van der Waals surface area (Å²) in [4.78, 5) is 0. The molecule has 0 saturated heterocycles. The zero-order chi connectivity index (χ0) is 30.4. The fraction of sp³-hybridized carbons (Fsp3) is 0.205. The monoisotopic (exact) mass is 680 g/mol. The van der Waals surface area contributed by atoms with Gasteiger partial charge in [-0.3, -0.25) is 0 Å². The van der Waals surface area contributed by atoms with E-state index in [0.717, 1.165) is 11.4 Å². The Morgan fingerprint density at radius 3 is 1.87 bits per heavy atom. The van der Waals surface area contributed by atoms with Crippen LogP contribution in [0.4, 0.5) is 22.7 Å². The van der Waals surface area contributed by atoms with Crippen LogP contribution in [0.15, 0.2) is 121 Å². The van der Waals surface area contributed by atoms with Gasteiger partial charge in [-0.1, -0.05) is 123 Å². The zero-order valence-electron chi connectivity index (χ0n) is 26.2. The number of anilines is 2. The number of hydrogen-bond acceptors (Lipinski definition) is 1. The van der Waals surface area contributed by atoms with Crippen LogP contribution in [0.25, 0.3) is 32.4 Å². The molecule has 6 heteroatoms. The molecule has 3 aliphatic rings. The molecule has 2 aliphatic carbocycles. The Balaban J connectivity index is 0.000000861. The van der Waals surface area contributed by atoms with Gasteiger partial charge in [-0.2, -0.15) is 0 Å². The molecule has 45 heavy (non-hydrogen) atoms. The van der Waals surface area contributed by atoms with Crippen LogP contribution < -0.4 is 4.57 Å². The summed E-state index contributed by atoms with van der Waals surface area (Å²) in [5.74, 6) is 1.65. The second kappa shape index (κ2) is 13.1. The van der Waals surface area contributed by atoms with E-state index in [2.05, 4.69) is 146 Å². The number of benzene rings is 5. The molecule has 4 atom stereocenters.